The van der Waals surface area contributed by atoms with Crippen molar-refractivity contribution in [3.8, 4) is 5.75 Å². The second-order valence-corrected chi connectivity index (χ2v) is 8.40. The quantitative estimate of drug-likeness (QED) is 0.275. The Labute approximate surface area is 173 Å². The molecule has 0 saturated heterocycles. The van der Waals surface area contributed by atoms with Crippen LogP contribution in [-0.4, -0.2) is 51.6 Å². The first-order chi connectivity index (χ1) is 14.4. The highest BCUT2D eigenvalue weighted by molar-refractivity contribution is 7.57. The van der Waals surface area contributed by atoms with Gasteiger partial charge in [0.1, 0.15) is 30.0 Å². The molecule has 160 valence electrons. The highest BCUT2D eigenvalue weighted by atomic mass is 31.2. The third-order valence-corrected chi connectivity index (χ3v) is 5.92. The molecule has 2 heterocycles. The van der Waals surface area contributed by atoms with E-state index < -0.39 is 19.5 Å². The molecule has 0 fully saturated rings. The monoisotopic (exact) mass is 434 g/mol. The second-order valence-electron chi connectivity index (χ2n) is 6.36. The second kappa shape index (κ2) is 9.66. The maximum atomic E-state index is 13.3. The fraction of sp³-hybridized carbons (Fsp3) is 0.333. The number of fused-ring (bicyclic) bond motifs is 1. The van der Waals surface area contributed by atoms with Crippen molar-refractivity contribution in [2.75, 3.05) is 25.8 Å². The van der Waals surface area contributed by atoms with E-state index in [4.69, 9.17) is 15.0 Å². The van der Waals surface area contributed by atoms with E-state index in [1.165, 1.54) is 20.4 Å². The van der Waals surface area contributed by atoms with Gasteiger partial charge in [-0.1, -0.05) is 18.2 Å². The summed E-state index contributed by atoms with van der Waals surface area (Å²) in [5.41, 5.74) is 6.86. The molecule has 2 atom stereocenters. The van der Waals surface area contributed by atoms with Crippen LogP contribution in [0.25, 0.3) is 11.2 Å². The number of aromatic nitrogens is 4. The molecule has 0 aliphatic carbocycles. The number of nitrogens with one attached hydrogen (secondary N) is 1. The lowest BCUT2D eigenvalue weighted by Gasteiger charge is -2.23. The molecule has 0 aliphatic rings. The van der Waals surface area contributed by atoms with Crippen LogP contribution >= 0.6 is 7.52 Å². The highest BCUT2D eigenvalue weighted by Crippen LogP contribution is 2.43. The Morgan fingerprint density at radius 2 is 2.03 bits per heavy atom. The molecule has 2 aromatic heterocycles. The average Bonchev–Trinajstić information content (AvgIpc) is 3.15. The summed E-state index contributed by atoms with van der Waals surface area (Å²) in [6.07, 6.45) is 2.68. The Kier molecular flexibility index (Phi) is 6.99. The van der Waals surface area contributed by atoms with Crippen molar-refractivity contribution < 1.29 is 23.4 Å². The van der Waals surface area contributed by atoms with Gasteiger partial charge in [0.05, 0.1) is 20.0 Å². The van der Waals surface area contributed by atoms with E-state index in [1.807, 2.05) is 6.07 Å². The van der Waals surface area contributed by atoms with Gasteiger partial charge in [-0.15, -0.1) is 0 Å². The van der Waals surface area contributed by atoms with Crippen LogP contribution in [0.5, 0.6) is 5.75 Å². The highest BCUT2D eigenvalue weighted by Gasteiger charge is 2.30. The van der Waals surface area contributed by atoms with E-state index in [1.54, 1.807) is 35.2 Å². The summed E-state index contributed by atoms with van der Waals surface area (Å²) < 4.78 is 31.0. The van der Waals surface area contributed by atoms with Crippen LogP contribution in [0.3, 0.4) is 0 Å². The molecule has 0 bridgehead atoms. The zero-order valence-electron chi connectivity index (χ0n) is 16.6. The summed E-state index contributed by atoms with van der Waals surface area (Å²) in [5.74, 6) is 0.122. The zero-order valence-corrected chi connectivity index (χ0v) is 17.5. The van der Waals surface area contributed by atoms with Crippen LogP contribution in [0, 0.1) is 0 Å². The van der Waals surface area contributed by atoms with Gasteiger partial charge in [-0.3, -0.25) is 9.36 Å². The third kappa shape index (κ3) is 5.32. The predicted molar refractivity (Wildman–Crippen MR) is 110 cm³/mol. The average molecular weight is 434 g/mol. The van der Waals surface area contributed by atoms with Crippen LogP contribution in [0.2, 0.25) is 0 Å². The summed E-state index contributed by atoms with van der Waals surface area (Å²) >= 11 is 0. The molecule has 3 aromatic rings. The van der Waals surface area contributed by atoms with E-state index in [2.05, 4.69) is 24.8 Å². The number of carbonyl (C=O) groups is 1. The SMILES string of the molecule is COC(=O)[C@H](C)NP(=O)(COCCn1cnc2c(N)ncnc21)Oc1ccccc1. The smallest absolute Gasteiger partial charge is 0.342 e. The van der Waals surface area contributed by atoms with Gasteiger partial charge >= 0.3 is 13.5 Å². The van der Waals surface area contributed by atoms with Gasteiger partial charge in [-0.2, -0.15) is 0 Å². The molecule has 12 heteroatoms. The lowest BCUT2D eigenvalue weighted by atomic mass is 10.3. The van der Waals surface area contributed by atoms with Gasteiger partial charge in [0, 0.05) is 6.54 Å². The number of carbonyl (C=O) groups excluding carboxylic acids is 1. The molecule has 0 saturated carbocycles. The minimum atomic E-state index is -3.57. The van der Waals surface area contributed by atoms with E-state index in [-0.39, 0.29) is 13.0 Å². The fourth-order valence-electron chi connectivity index (χ4n) is 2.68. The van der Waals surface area contributed by atoms with E-state index in [0.717, 1.165) is 0 Å². The Morgan fingerprint density at radius 3 is 2.77 bits per heavy atom. The van der Waals surface area contributed by atoms with Crippen molar-refractivity contribution in [3.63, 3.8) is 0 Å². The van der Waals surface area contributed by atoms with Gasteiger partial charge in [0.15, 0.2) is 11.5 Å². The van der Waals surface area contributed by atoms with Crippen LogP contribution in [0.4, 0.5) is 5.82 Å². The first-order valence-corrected chi connectivity index (χ1v) is 10.9. The number of ether oxygens (including phenoxy) is 2. The molecule has 30 heavy (non-hydrogen) atoms. The van der Waals surface area contributed by atoms with Gasteiger partial charge < -0.3 is 24.3 Å². The molecule has 3 rings (SSSR count). The number of esters is 1. The van der Waals surface area contributed by atoms with Crippen LogP contribution in [0.15, 0.2) is 43.0 Å². The topological polar surface area (TPSA) is 143 Å². The zero-order chi connectivity index (χ0) is 21.6. The van der Waals surface area contributed by atoms with Crippen LogP contribution in [0.1, 0.15) is 6.92 Å². The van der Waals surface area contributed by atoms with E-state index in [9.17, 15) is 9.36 Å². The van der Waals surface area contributed by atoms with Crippen molar-refractivity contribution in [2.45, 2.75) is 19.5 Å². The molecular formula is C18H23N6O5P. The number of nitrogens with zero attached hydrogens (tertiary/aromatic N) is 4. The van der Waals surface area contributed by atoms with Crippen molar-refractivity contribution in [1.82, 2.24) is 24.6 Å². The number of hydrogen-bond acceptors (Lipinski definition) is 9. The molecule has 0 spiro atoms. The molecule has 0 aliphatic heterocycles. The third-order valence-electron chi connectivity index (χ3n) is 4.11. The van der Waals surface area contributed by atoms with Gasteiger partial charge in [-0.05, 0) is 19.1 Å². The number of rotatable bonds is 10. The number of nitrogen functional groups attached to an aromatic ring is 1. The lowest BCUT2D eigenvalue weighted by molar-refractivity contribution is -0.142. The van der Waals surface area contributed by atoms with E-state index >= 15 is 0 Å². The summed E-state index contributed by atoms with van der Waals surface area (Å²) in [6.45, 7) is 2.13. The fourth-order valence-corrected chi connectivity index (χ4v) is 4.38. The Hall–Kier alpha value is -3.01. The maximum absolute atomic E-state index is 13.3. The molecule has 3 N–H and O–H groups in total. The lowest BCUT2D eigenvalue weighted by Crippen LogP contribution is -2.35. The van der Waals surface area contributed by atoms with Crippen molar-refractivity contribution in [1.29, 1.82) is 0 Å². The first kappa shape index (κ1) is 21.7. The number of methoxy groups -OCH3 is 1. The Morgan fingerprint density at radius 1 is 1.27 bits per heavy atom. The molecule has 1 unspecified atom stereocenters. The minimum absolute atomic E-state index is 0.200. The van der Waals surface area contributed by atoms with Gasteiger partial charge in [0.2, 0.25) is 0 Å². The summed E-state index contributed by atoms with van der Waals surface area (Å²) in [5, 5.41) is 2.70. The molecule has 0 amide bonds. The normalized spacial score (nSPS) is 14.2. The van der Waals surface area contributed by atoms with Crippen LogP contribution in [-0.2, 0) is 25.4 Å². The molecular weight excluding hydrogens is 411 g/mol. The first-order valence-electron chi connectivity index (χ1n) is 9.10. The number of anilines is 1. The summed E-state index contributed by atoms with van der Waals surface area (Å²) in [6, 6.07) is 7.80. The number of nitrogens with two attached hydrogens (primary N) is 1. The number of hydrogen-bond donors (Lipinski definition) is 2. The number of benzene rings is 1. The van der Waals surface area contributed by atoms with Crippen LogP contribution < -0.4 is 15.3 Å². The predicted octanol–water partition coefficient (Wildman–Crippen LogP) is 1.81. The minimum Gasteiger partial charge on any atom is -0.468 e. The molecule has 0 radical (unpaired) electrons. The number of imidazole rings is 1. The standard InChI is InChI=1S/C18H23N6O5P/c1-13(18(25)27-2)23-30(26,29-14-6-4-3-5-7-14)12-28-9-8-24-11-22-15-16(19)20-10-21-17(15)24/h3-7,10-11,13H,8-9,12H2,1-2H3,(H,23,26)(H2,19,20,21)/t13-,30?/m0/s1. The largest absolute Gasteiger partial charge is 0.468 e. The van der Waals surface area contributed by atoms with Crippen molar-refractivity contribution in [3.05, 3.63) is 43.0 Å². The maximum Gasteiger partial charge on any atom is 0.342 e. The van der Waals surface area contributed by atoms with Gasteiger partial charge in [0.25, 0.3) is 0 Å². The van der Waals surface area contributed by atoms with Crippen molar-refractivity contribution in [2.24, 2.45) is 0 Å². The summed E-state index contributed by atoms with van der Waals surface area (Å²) in [4.78, 5) is 24.0. The van der Waals surface area contributed by atoms with Crippen molar-refractivity contribution >= 4 is 30.5 Å². The van der Waals surface area contributed by atoms with E-state index in [0.29, 0.717) is 29.3 Å². The molecule has 1 aromatic carbocycles. The Bertz CT molecular complexity index is 1040. The van der Waals surface area contributed by atoms with Gasteiger partial charge in [-0.25, -0.2) is 20.0 Å². The Balaban J connectivity index is 1.64. The summed E-state index contributed by atoms with van der Waals surface area (Å²) in [7, 11) is -2.31. The number of para-hydroxylation sites is 1. The molecule has 11 nitrogen and oxygen atoms in total.